The molecule has 104 valence electrons. The highest BCUT2D eigenvalue weighted by molar-refractivity contribution is 5.98. The molecule has 0 bridgehead atoms. The zero-order valence-corrected chi connectivity index (χ0v) is 11.9. The van der Waals surface area contributed by atoms with E-state index in [0.717, 1.165) is 31.7 Å². The predicted molar refractivity (Wildman–Crippen MR) is 76.0 cm³/mol. The number of hydrogen-bond donors (Lipinski definition) is 1. The molecule has 1 atom stereocenters. The number of nitrogens with zero attached hydrogens (tertiary/aromatic N) is 3. The fraction of sp³-hybridized carbons (Fsp3) is 0.571. The second-order valence-corrected chi connectivity index (χ2v) is 5.52. The Bertz CT molecular complexity index is 475. The SMILES string of the molecule is Cc1cc(N)c(C(=O)N(C)CC2CCN(C)C2)cn1. The number of nitrogens with two attached hydrogens (primary N) is 1. The molecule has 1 amide bonds. The van der Waals surface area contributed by atoms with Crippen LogP contribution in [0.25, 0.3) is 0 Å². The third-order valence-electron chi connectivity index (χ3n) is 3.67. The van der Waals surface area contributed by atoms with Gasteiger partial charge in [-0.05, 0) is 38.9 Å². The summed E-state index contributed by atoms with van der Waals surface area (Å²) in [7, 11) is 3.95. The lowest BCUT2D eigenvalue weighted by molar-refractivity contribution is 0.0774. The van der Waals surface area contributed by atoms with Gasteiger partial charge < -0.3 is 15.5 Å². The van der Waals surface area contributed by atoms with E-state index < -0.39 is 0 Å². The van der Waals surface area contributed by atoms with E-state index in [1.165, 1.54) is 0 Å². The average Bonchev–Trinajstić information content (AvgIpc) is 2.74. The number of nitrogen functional groups attached to an aromatic ring is 1. The topological polar surface area (TPSA) is 62.5 Å². The van der Waals surface area contributed by atoms with Crippen molar-refractivity contribution in [3.63, 3.8) is 0 Å². The molecule has 19 heavy (non-hydrogen) atoms. The van der Waals surface area contributed by atoms with Gasteiger partial charge in [-0.3, -0.25) is 9.78 Å². The van der Waals surface area contributed by atoms with Crippen molar-refractivity contribution >= 4 is 11.6 Å². The van der Waals surface area contributed by atoms with E-state index in [1.807, 2.05) is 14.0 Å². The minimum atomic E-state index is -0.0421. The van der Waals surface area contributed by atoms with Gasteiger partial charge in [-0.2, -0.15) is 0 Å². The van der Waals surface area contributed by atoms with E-state index in [0.29, 0.717) is 17.2 Å². The number of hydrogen-bond acceptors (Lipinski definition) is 4. The molecule has 1 unspecified atom stereocenters. The van der Waals surface area contributed by atoms with Crippen molar-refractivity contribution in [3.8, 4) is 0 Å². The Morgan fingerprint density at radius 2 is 2.37 bits per heavy atom. The summed E-state index contributed by atoms with van der Waals surface area (Å²) in [5.41, 5.74) is 7.73. The van der Waals surface area contributed by atoms with E-state index in [1.54, 1.807) is 17.2 Å². The second kappa shape index (κ2) is 5.57. The average molecular weight is 262 g/mol. The summed E-state index contributed by atoms with van der Waals surface area (Å²) in [4.78, 5) is 20.5. The Balaban J connectivity index is 2.02. The molecule has 2 N–H and O–H groups in total. The molecule has 0 spiro atoms. The van der Waals surface area contributed by atoms with Gasteiger partial charge in [-0.15, -0.1) is 0 Å². The highest BCUT2D eigenvalue weighted by atomic mass is 16.2. The van der Waals surface area contributed by atoms with Crippen molar-refractivity contribution < 1.29 is 4.79 Å². The number of carbonyl (C=O) groups excluding carboxylic acids is 1. The van der Waals surface area contributed by atoms with Gasteiger partial charge in [0, 0.05) is 37.7 Å². The molecule has 0 aliphatic carbocycles. The normalized spacial score (nSPS) is 19.6. The molecule has 1 aromatic rings. The Kier molecular flexibility index (Phi) is 4.04. The Morgan fingerprint density at radius 1 is 1.63 bits per heavy atom. The van der Waals surface area contributed by atoms with Crippen molar-refractivity contribution in [2.75, 3.05) is 39.5 Å². The number of likely N-dealkylation sites (tertiary alicyclic amines) is 1. The van der Waals surface area contributed by atoms with Crippen LogP contribution in [0.2, 0.25) is 0 Å². The van der Waals surface area contributed by atoms with Gasteiger partial charge in [0.15, 0.2) is 0 Å². The summed E-state index contributed by atoms with van der Waals surface area (Å²) >= 11 is 0. The largest absolute Gasteiger partial charge is 0.398 e. The van der Waals surface area contributed by atoms with Gasteiger partial charge in [0.05, 0.1) is 5.56 Å². The zero-order valence-electron chi connectivity index (χ0n) is 11.9. The first kappa shape index (κ1) is 13.8. The van der Waals surface area contributed by atoms with Gasteiger partial charge in [0.25, 0.3) is 5.91 Å². The maximum absolute atomic E-state index is 12.3. The van der Waals surface area contributed by atoms with Gasteiger partial charge >= 0.3 is 0 Å². The van der Waals surface area contributed by atoms with Crippen molar-refractivity contribution in [1.82, 2.24) is 14.8 Å². The van der Waals surface area contributed by atoms with Crippen LogP contribution in [0.4, 0.5) is 5.69 Å². The monoisotopic (exact) mass is 262 g/mol. The fourth-order valence-electron chi connectivity index (χ4n) is 2.61. The number of aryl methyl sites for hydroxylation is 1. The smallest absolute Gasteiger partial charge is 0.257 e. The summed E-state index contributed by atoms with van der Waals surface area (Å²) in [5.74, 6) is 0.512. The standard InChI is InChI=1S/C14H22N4O/c1-10-6-13(15)12(7-16-10)14(19)18(3)9-11-4-5-17(2)8-11/h6-7,11H,4-5,8-9H2,1-3H3,(H2,15,16). The molecule has 0 radical (unpaired) electrons. The van der Waals surface area contributed by atoms with E-state index >= 15 is 0 Å². The maximum Gasteiger partial charge on any atom is 0.257 e. The number of aromatic nitrogens is 1. The highest BCUT2D eigenvalue weighted by Gasteiger charge is 2.23. The van der Waals surface area contributed by atoms with Gasteiger partial charge in [0.2, 0.25) is 0 Å². The van der Waals surface area contributed by atoms with Crippen molar-refractivity contribution in [3.05, 3.63) is 23.5 Å². The molecule has 5 nitrogen and oxygen atoms in total. The summed E-state index contributed by atoms with van der Waals surface area (Å²) in [6, 6.07) is 1.74. The van der Waals surface area contributed by atoms with Crippen molar-refractivity contribution in [2.24, 2.45) is 5.92 Å². The molecule has 1 fully saturated rings. The molecular formula is C14H22N4O. The van der Waals surface area contributed by atoms with Crippen LogP contribution in [0.15, 0.2) is 12.3 Å². The molecule has 0 aromatic carbocycles. The molecule has 2 heterocycles. The van der Waals surface area contributed by atoms with E-state index in [4.69, 9.17) is 5.73 Å². The highest BCUT2D eigenvalue weighted by Crippen LogP contribution is 2.18. The van der Waals surface area contributed by atoms with Crippen molar-refractivity contribution in [1.29, 1.82) is 0 Å². The van der Waals surface area contributed by atoms with E-state index in [9.17, 15) is 4.79 Å². The van der Waals surface area contributed by atoms with E-state index in [-0.39, 0.29) is 5.91 Å². The summed E-state index contributed by atoms with van der Waals surface area (Å²) in [5, 5.41) is 0. The molecule has 1 aliphatic heterocycles. The maximum atomic E-state index is 12.3. The fourth-order valence-corrected chi connectivity index (χ4v) is 2.61. The number of amides is 1. The number of anilines is 1. The first-order valence-electron chi connectivity index (χ1n) is 6.63. The minimum absolute atomic E-state index is 0.0421. The number of rotatable bonds is 3. The molecule has 0 saturated carbocycles. The van der Waals surface area contributed by atoms with Crippen LogP contribution >= 0.6 is 0 Å². The van der Waals surface area contributed by atoms with Gasteiger partial charge in [-0.25, -0.2) is 0 Å². The first-order valence-corrected chi connectivity index (χ1v) is 6.63. The summed E-state index contributed by atoms with van der Waals surface area (Å²) < 4.78 is 0. The van der Waals surface area contributed by atoms with Crippen LogP contribution < -0.4 is 5.73 Å². The summed E-state index contributed by atoms with van der Waals surface area (Å²) in [6.07, 6.45) is 2.72. The van der Waals surface area contributed by atoms with Crippen LogP contribution in [-0.2, 0) is 0 Å². The van der Waals surface area contributed by atoms with Gasteiger partial charge in [-0.1, -0.05) is 0 Å². The molecule has 5 heteroatoms. The van der Waals surface area contributed by atoms with Crippen LogP contribution in [0.3, 0.4) is 0 Å². The van der Waals surface area contributed by atoms with Crippen LogP contribution in [0.1, 0.15) is 22.5 Å². The molecule has 1 saturated heterocycles. The molecule has 2 rings (SSSR count). The Morgan fingerprint density at radius 3 is 2.95 bits per heavy atom. The first-order chi connectivity index (χ1) is 8.97. The predicted octanol–water partition coefficient (Wildman–Crippen LogP) is 0.996. The second-order valence-electron chi connectivity index (χ2n) is 5.52. The van der Waals surface area contributed by atoms with Crippen LogP contribution in [0.5, 0.6) is 0 Å². The third-order valence-corrected chi connectivity index (χ3v) is 3.67. The Hall–Kier alpha value is -1.62. The van der Waals surface area contributed by atoms with Crippen LogP contribution in [-0.4, -0.2) is 54.4 Å². The zero-order chi connectivity index (χ0) is 14.0. The van der Waals surface area contributed by atoms with Crippen molar-refractivity contribution in [2.45, 2.75) is 13.3 Å². The summed E-state index contributed by atoms with van der Waals surface area (Å²) in [6.45, 7) is 4.80. The minimum Gasteiger partial charge on any atom is -0.398 e. The van der Waals surface area contributed by atoms with Gasteiger partial charge in [0.1, 0.15) is 0 Å². The quantitative estimate of drug-likeness (QED) is 0.882. The number of pyridine rings is 1. The lowest BCUT2D eigenvalue weighted by Crippen LogP contribution is -2.33. The Labute approximate surface area is 114 Å². The molecule has 1 aliphatic rings. The molecule has 1 aromatic heterocycles. The van der Waals surface area contributed by atoms with Crippen LogP contribution in [0, 0.1) is 12.8 Å². The molecular weight excluding hydrogens is 240 g/mol. The lowest BCUT2D eigenvalue weighted by Gasteiger charge is -2.21. The number of carbonyl (C=O) groups is 1. The lowest BCUT2D eigenvalue weighted by atomic mass is 10.1. The third kappa shape index (κ3) is 3.23. The van der Waals surface area contributed by atoms with E-state index in [2.05, 4.69) is 16.9 Å².